The second-order valence-corrected chi connectivity index (χ2v) is 7.31. The minimum Gasteiger partial charge on any atom is -0.381 e. The molecular formula is C16H33N5O2. The first-order valence-electron chi connectivity index (χ1n) is 8.19. The minimum absolute atomic E-state index is 0.0474. The van der Waals surface area contributed by atoms with Crippen molar-refractivity contribution in [2.75, 3.05) is 47.4 Å². The summed E-state index contributed by atoms with van der Waals surface area (Å²) in [6.45, 7) is 8.41. The zero-order chi connectivity index (χ0) is 17.5. The highest BCUT2D eigenvalue weighted by molar-refractivity contribution is 5.86. The maximum absolute atomic E-state index is 11.9. The summed E-state index contributed by atoms with van der Waals surface area (Å²) in [5.74, 6) is 0.593. The first-order chi connectivity index (χ1) is 10.7. The molecule has 0 aromatic rings. The van der Waals surface area contributed by atoms with Gasteiger partial charge >= 0.3 is 0 Å². The van der Waals surface area contributed by atoms with Crippen molar-refractivity contribution in [1.82, 2.24) is 20.9 Å². The third-order valence-electron chi connectivity index (χ3n) is 4.11. The summed E-state index contributed by atoms with van der Waals surface area (Å²) < 4.78 is 5.48. The fraction of sp³-hybridized carbons (Fsp3) is 0.875. The quantitative estimate of drug-likeness (QED) is 0.496. The fourth-order valence-electron chi connectivity index (χ4n) is 2.63. The molecule has 134 valence electrons. The number of aliphatic imine (C=N–C) groups is 1. The maximum atomic E-state index is 11.9. The van der Waals surface area contributed by atoms with E-state index in [1.807, 2.05) is 20.8 Å². The second kappa shape index (κ2) is 8.49. The van der Waals surface area contributed by atoms with E-state index in [-0.39, 0.29) is 23.5 Å². The van der Waals surface area contributed by atoms with Gasteiger partial charge in [-0.15, -0.1) is 0 Å². The molecule has 0 aliphatic carbocycles. The lowest BCUT2D eigenvalue weighted by atomic mass is 9.88. The maximum Gasteiger partial charge on any atom is 0.239 e. The normalized spacial score (nSPS) is 18.7. The molecule has 0 atom stereocenters. The van der Waals surface area contributed by atoms with Crippen molar-refractivity contribution in [3.8, 4) is 0 Å². The Morgan fingerprint density at radius 3 is 2.30 bits per heavy atom. The van der Waals surface area contributed by atoms with Gasteiger partial charge in [0.25, 0.3) is 0 Å². The Labute approximate surface area is 140 Å². The summed E-state index contributed by atoms with van der Waals surface area (Å²) in [7, 11) is 5.91. The van der Waals surface area contributed by atoms with Crippen molar-refractivity contribution in [3.05, 3.63) is 0 Å². The average molecular weight is 327 g/mol. The Hall–Kier alpha value is -1.34. The Morgan fingerprint density at radius 1 is 1.22 bits per heavy atom. The Morgan fingerprint density at radius 2 is 1.83 bits per heavy atom. The van der Waals surface area contributed by atoms with Gasteiger partial charge in [0.15, 0.2) is 5.96 Å². The minimum atomic E-state index is -0.229. The topological polar surface area (TPSA) is 78.0 Å². The van der Waals surface area contributed by atoms with Gasteiger partial charge in [-0.1, -0.05) is 0 Å². The van der Waals surface area contributed by atoms with E-state index in [9.17, 15) is 4.79 Å². The van der Waals surface area contributed by atoms with Crippen molar-refractivity contribution in [1.29, 1.82) is 0 Å². The number of hydrogen-bond donors (Lipinski definition) is 3. The van der Waals surface area contributed by atoms with Gasteiger partial charge in [0.2, 0.25) is 5.91 Å². The zero-order valence-electron chi connectivity index (χ0n) is 15.5. The van der Waals surface area contributed by atoms with E-state index in [0.717, 1.165) is 32.6 Å². The summed E-state index contributed by atoms with van der Waals surface area (Å²) in [5.41, 5.74) is -0.170. The number of ether oxygens (including phenoxy) is 1. The van der Waals surface area contributed by atoms with E-state index < -0.39 is 0 Å². The van der Waals surface area contributed by atoms with Gasteiger partial charge in [0.1, 0.15) is 0 Å². The van der Waals surface area contributed by atoms with Crippen LogP contribution in [0.2, 0.25) is 0 Å². The van der Waals surface area contributed by atoms with Crippen molar-refractivity contribution >= 4 is 11.9 Å². The molecule has 1 fully saturated rings. The predicted octanol–water partition coefficient (Wildman–Crippen LogP) is 0.177. The van der Waals surface area contributed by atoms with E-state index in [1.54, 1.807) is 7.05 Å². The summed E-state index contributed by atoms with van der Waals surface area (Å²) in [6.07, 6.45) is 1.96. The molecular weight excluding hydrogens is 294 g/mol. The Kier molecular flexibility index (Phi) is 7.28. The molecule has 0 aromatic carbocycles. The number of amides is 1. The molecule has 1 aliphatic rings. The first kappa shape index (κ1) is 19.7. The first-order valence-corrected chi connectivity index (χ1v) is 8.19. The second-order valence-electron chi connectivity index (χ2n) is 7.31. The van der Waals surface area contributed by atoms with Crippen molar-refractivity contribution in [3.63, 3.8) is 0 Å². The van der Waals surface area contributed by atoms with Gasteiger partial charge in [-0.25, -0.2) is 0 Å². The highest BCUT2D eigenvalue weighted by atomic mass is 16.5. The highest BCUT2D eigenvalue weighted by Crippen LogP contribution is 2.24. The van der Waals surface area contributed by atoms with Crippen LogP contribution in [-0.4, -0.2) is 75.3 Å². The van der Waals surface area contributed by atoms with Gasteiger partial charge in [-0.05, 0) is 47.7 Å². The number of nitrogens with zero attached hydrogens (tertiary/aromatic N) is 2. The number of hydrogen-bond acceptors (Lipinski definition) is 4. The molecule has 0 spiro atoms. The molecule has 0 radical (unpaired) electrons. The molecule has 0 unspecified atom stereocenters. The standard InChI is InChI=1S/C16H33N5O2/c1-15(2,3)20-13(22)11-18-14(17-4)19-12-16(21(5)6)7-9-23-10-8-16/h7-12H2,1-6H3,(H,20,22)(H2,17,18,19). The molecule has 1 rings (SSSR count). The van der Waals surface area contributed by atoms with E-state index >= 15 is 0 Å². The van der Waals surface area contributed by atoms with Crippen molar-refractivity contribution in [2.24, 2.45) is 4.99 Å². The zero-order valence-corrected chi connectivity index (χ0v) is 15.5. The predicted molar refractivity (Wildman–Crippen MR) is 93.7 cm³/mol. The molecule has 1 saturated heterocycles. The highest BCUT2D eigenvalue weighted by Gasteiger charge is 2.34. The van der Waals surface area contributed by atoms with Crippen molar-refractivity contribution in [2.45, 2.75) is 44.7 Å². The lowest BCUT2D eigenvalue weighted by Gasteiger charge is -2.43. The largest absolute Gasteiger partial charge is 0.381 e. The fourth-order valence-corrected chi connectivity index (χ4v) is 2.63. The summed E-state index contributed by atoms with van der Waals surface area (Å²) in [5, 5.41) is 9.33. The third kappa shape index (κ3) is 6.74. The van der Waals surface area contributed by atoms with Crippen LogP contribution in [0.5, 0.6) is 0 Å². The van der Waals surface area contributed by atoms with Crippen molar-refractivity contribution < 1.29 is 9.53 Å². The van der Waals surface area contributed by atoms with E-state index in [1.165, 1.54) is 0 Å². The SMILES string of the molecule is CN=C(NCC(=O)NC(C)(C)C)NCC1(N(C)C)CCOCC1. The number of likely N-dealkylation sites (N-methyl/N-ethyl adjacent to an activating group) is 1. The molecule has 1 heterocycles. The number of carbonyl (C=O) groups is 1. The van der Waals surface area contributed by atoms with E-state index in [4.69, 9.17) is 4.74 Å². The smallest absolute Gasteiger partial charge is 0.239 e. The van der Waals surface area contributed by atoms with E-state index in [0.29, 0.717) is 5.96 Å². The van der Waals surface area contributed by atoms with Gasteiger partial charge in [0.05, 0.1) is 6.54 Å². The summed E-state index contributed by atoms with van der Waals surface area (Å²) >= 11 is 0. The molecule has 23 heavy (non-hydrogen) atoms. The van der Waals surface area contributed by atoms with Crippen LogP contribution in [0.15, 0.2) is 4.99 Å². The number of guanidine groups is 1. The van der Waals surface area contributed by atoms with E-state index in [2.05, 4.69) is 39.9 Å². The van der Waals surface area contributed by atoms with Crippen LogP contribution in [0.25, 0.3) is 0 Å². The number of nitrogens with one attached hydrogen (secondary N) is 3. The monoisotopic (exact) mass is 327 g/mol. The van der Waals surface area contributed by atoms with Crippen LogP contribution in [-0.2, 0) is 9.53 Å². The van der Waals surface area contributed by atoms with Crippen LogP contribution < -0.4 is 16.0 Å². The molecule has 1 amide bonds. The van der Waals surface area contributed by atoms with Crippen LogP contribution >= 0.6 is 0 Å². The number of rotatable bonds is 5. The molecule has 1 aliphatic heterocycles. The number of carbonyl (C=O) groups excluding carboxylic acids is 1. The lowest BCUT2D eigenvalue weighted by molar-refractivity contribution is -0.121. The van der Waals surface area contributed by atoms with Crippen LogP contribution in [0.1, 0.15) is 33.6 Å². The Bertz CT molecular complexity index is 409. The molecule has 7 nitrogen and oxygen atoms in total. The van der Waals surface area contributed by atoms with Gasteiger partial charge < -0.3 is 25.6 Å². The summed E-state index contributed by atoms with van der Waals surface area (Å²) in [6, 6.07) is 0. The van der Waals surface area contributed by atoms with Gasteiger partial charge in [-0.3, -0.25) is 9.79 Å². The summed E-state index contributed by atoms with van der Waals surface area (Å²) in [4.78, 5) is 18.3. The van der Waals surface area contributed by atoms with Gasteiger partial charge in [0, 0.05) is 37.9 Å². The molecule has 0 bridgehead atoms. The molecule has 7 heteroatoms. The molecule has 0 saturated carbocycles. The lowest BCUT2D eigenvalue weighted by Crippen LogP contribution is -2.57. The third-order valence-corrected chi connectivity index (χ3v) is 4.11. The molecule has 0 aromatic heterocycles. The van der Waals surface area contributed by atoms with Crippen LogP contribution in [0, 0.1) is 0 Å². The molecule has 3 N–H and O–H groups in total. The average Bonchev–Trinajstić information content (AvgIpc) is 2.46. The Balaban J connectivity index is 2.48. The van der Waals surface area contributed by atoms with Gasteiger partial charge in [-0.2, -0.15) is 0 Å². The van der Waals surface area contributed by atoms with Crippen LogP contribution in [0.3, 0.4) is 0 Å². The van der Waals surface area contributed by atoms with Crippen LogP contribution in [0.4, 0.5) is 0 Å².